The van der Waals surface area contributed by atoms with E-state index in [-0.39, 0.29) is 0 Å². The van der Waals surface area contributed by atoms with E-state index in [9.17, 15) is 0 Å². The van der Waals surface area contributed by atoms with Crippen molar-refractivity contribution >= 4 is 16.5 Å². The Morgan fingerprint density at radius 2 is 1.79 bits per heavy atom. The van der Waals surface area contributed by atoms with Crippen LogP contribution in [0.25, 0.3) is 10.8 Å². The third-order valence-electron chi connectivity index (χ3n) is 3.49. The van der Waals surface area contributed by atoms with Crippen molar-refractivity contribution in [2.24, 2.45) is 0 Å². The van der Waals surface area contributed by atoms with Gasteiger partial charge in [0.2, 0.25) is 0 Å². The van der Waals surface area contributed by atoms with Crippen LogP contribution in [0.3, 0.4) is 0 Å². The highest BCUT2D eigenvalue weighted by molar-refractivity contribution is 5.93. The van der Waals surface area contributed by atoms with Crippen molar-refractivity contribution in [1.82, 2.24) is 4.90 Å². The van der Waals surface area contributed by atoms with E-state index in [0.717, 1.165) is 13.1 Å². The Labute approximate surface area is 116 Å². The van der Waals surface area contributed by atoms with E-state index in [0.29, 0.717) is 0 Å². The smallest absolute Gasteiger partial charge is 0.0420 e. The molecule has 0 saturated heterocycles. The van der Waals surface area contributed by atoms with Crippen molar-refractivity contribution in [2.75, 3.05) is 32.0 Å². The number of hydrogen-bond acceptors (Lipinski definition) is 2. The Morgan fingerprint density at radius 3 is 2.63 bits per heavy atom. The molecule has 2 nitrogen and oxygen atoms in total. The molecule has 0 aliphatic rings. The molecule has 0 fully saturated rings. The van der Waals surface area contributed by atoms with E-state index >= 15 is 0 Å². The van der Waals surface area contributed by atoms with Gasteiger partial charge in [0, 0.05) is 24.2 Å². The first-order valence-corrected chi connectivity index (χ1v) is 7.21. The predicted octanol–water partition coefficient (Wildman–Crippen LogP) is 3.98. The molecular weight excluding hydrogens is 232 g/mol. The molecule has 0 atom stereocenters. The number of fused-ring (bicyclic) bond motifs is 1. The normalized spacial score (nSPS) is 11.1. The number of hydrogen-bond donors (Lipinski definition) is 1. The van der Waals surface area contributed by atoms with Crippen LogP contribution in [0.4, 0.5) is 5.69 Å². The van der Waals surface area contributed by atoms with Crippen molar-refractivity contribution in [3.05, 3.63) is 42.5 Å². The summed E-state index contributed by atoms with van der Waals surface area (Å²) in [5.41, 5.74) is 1.24. The van der Waals surface area contributed by atoms with Gasteiger partial charge >= 0.3 is 0 Å². The molecule has 0 unspecified atom stereocenters. The summed E-state index contributed by atoms with van der Waals surface area (Å²) in [6.07, 6.45) is 2.55. The number of nitrogens with zero attached hydrogens (tertiary/aromatic N) is 1. The Hall–Kier alpha value is -1.54. The zero-order chi connectivity index (χ0) is 13.5. The van der Waals surface area contributed by atoms with Crippen LogP contribution in [-0.4, -0.2) is 31.6 Å². The third kappa shape index (κ3) is 3.97. The summed E-state index contributed by atoms with van der Waals surface area (Å²) >= 11 is 0. The van der Waals surface area contributed by atoms with E-state index in [1.54, 1.807) is 0 Å². The molecule has 0 bridgehead atoms. The van der Waals surface area contributed by atoms with Crippen LogP contribution in [0.15, 0.2) is 42.5 Å². The van der Waals surface area contributed by atoms with Crippen LogP contribution in [0.1, 0.15) is 19.8 Å². The summed E-state index contributed by atoms with van der Waals surface area (Å²) in [5, 5.41) is 6.16. The third-order valence-corrected chi connectivity index (χ3v) is 3.49. The Morgan fingerprint density at radius 1 is 1.00 bits per heavy atom. The van der Waals surface area contributed by atoms with Gasteiger partial charge in [0.25, 0.3) is 0 Å². The largest absolute Gasteiger partial charge is 0.383 e. The molecule has 0 radical (unpaired) electrons. The number of unbranched alkanes of at least 4 members (excludes halogenated alkanes) is 1. The molecule has 102 valence electrons. The van der Waals surface area contributed by atoms with Gasteiger partial charge in [-0.1, -0.05) is 49.7 Å². The van der Waals surface area contributed by atoms with Gasteiger partial charge < -0.3 is 10.2 Å². The summed E-state index contributed by atoms with van der Waals surface area (Å²) in [6, 6.07) is 15.0. The van der Waals surface area contributed by atoms with E-state index in [4.69, 9.17) is 0 Å². The minimum atomic E-state index is 0.994. The van der Waals surface area contributed by atoms with E-state index in [2.05, 4.69) is 66.7 Å². The first kappa shape index (κ1) is 13.9. The van der Waals surface area contributed by atoms with Gasteiger partial charge in [0.1, 0.15) is 0 Å². The highest BCUT2D eigenvalue weighted by Gasteiger charge is 2.00. The van der Waals surface area contributed by atoms with E-state index < -0.39 is 0 Å². The quantitative estimate of drug-likeness (QED) is 0.806. The predicted molar refractivity (Wildman–Crippen MR) is 84.8 cm³/mol. The van der Waals surface area contributed by atoms with Gasteiger partial charge in [-0.25, -0.2) is 0 Å². The van der Waals surface area contributed by atoms with Crippen LogP contribution >= 0.6 is 0 Å². The van der Waals surface area contributed by atoms with Crippen LogP contribution in [0.2, 0.25) is 0 Å². The highest BCUT2D eigenvalue weighted by atomic mass is 15.1. The van der Waals surface area contributed by atoms with E-state index in [1.807, 2.05) is 0 Å². The van der Waals surface area contributed by atoms with Gasteiger partial charge in [-0.05, 0) is 31.5 Å². The van der Waals surface area contributed by atoms with Gasteiger partial charge in [0.05, 0.1) is 0 Å². The highest BCUT2D eigenvalue weighted by Crippen LogP contribution is 2.22. The molecule has 0 amide bonds. The molecule has 2 aromatic rings. The molecule has 1 N–H and O–H groups in total. The fraction of sp³-hybridized carbons (Fsp3) is 0.412. The summed E-state index contributed by atoms with van der Waals surface area (Å²) in [6.45, 7) is 5.51. The van der Waals surface area contributed by atoms with Crippen LogP contribution in [-0.2, 0) is 0 Å². The molecule has 0 aliphatic carbocycles. The zero-order valence-corrected chi connectivity index (χ0v) is 12.0. The Bertz CT molecular complexity index is 502. The number of nitrogens with one attached hydrogen (secondary N) is 1. The fourth-order valence-electron chi connectivity index (χ4n) is 2.30. The minimum Gasteiger partial charge on any atom is -0.383 e. The molecule has 2 heteroatoms. The number of likely N-dealkylation sites (N-methyl/N-ethyl adjacent to an activating group) is 1. The lowest BCUT2D eigenvalue weighted by molar-refractivity contribution is 0.340. The number of anilines is 1. The summed E-state index contributed by atoms with van der Waals surface area (Å²) in [7, 11) is 2.19. The van der Waals surface area contributed by atoms with Gasteiger partial charge in [-0.3, -0.25) is 0 Å². The monoisotopic (exact) mass is 256 g/mol. The van der Waals surface area contributed by atoms with Crippen LogP contribution in [0, 0.1) is 0 Å². The molecule has 0 heterocycles. The second kappa shape index (κ2) is 7.15. The van der Waals surface area contributed by atoms with Crippen molar-refractivity contribution in [3.63, 3.8) is 0 Å². The maximum atomic E-state index is 3.55. The Kier molecular flexibility index (Phi) is 5.22. The average Bonchev–Trinajstić information content (AvgIpc) is 2.45. The lowest BCUT2D eigenvalue weighted by Crippen LogP contribution is -2.26. The molecule has 2 rings (SSSR count). The molecule has 0 aliphatic heterocycles. The molecule has 0 spiro atoms. The first-order valence-electron chi connectivity index (χ1n) is 7.21. The SMILES string of the molecule is CCCCN(C)CCNc1cccc2ccccc12. The summed E-state index contributed by atoms with van der Waals surface area (Å²) in [5.74, 6) is 0. The zero-order valence-electron chi connectivity index (χ0n) is 12.0. The maximum Gasteiger partial charge on any atom is 0.0420 e. The summed E-state index contributed by atoms with van der Waals surface area (Å²) < 4.78 is 0. The minimum absolute atomic E-state index is 0.994. The molecular formula is C17H24N2. The molecule has 0 saturated carbocycles. The molecule has 0 aromatic heterocycles. The van der Waals surface area contributed by atoms with Crippen molar-refractivity contribution in [3.8, 4) is 0 Å². The second-order valence-corrected chi connectivity index (χ2v) is 5.11. The van der Waals surface area contributed by atoms with Crippen molar-refractivity contribution < 1.29 is 0 Å². The van der Waals surface area contributed by atoms with Gasteiger partial charge in [0.15, 0.2) is 0 Å². The number of rotatable bonds is 7. The topological polar surface area (TPSA) is 15.3 Å². The lowest BCUT2D eigenvalue weighted by Gasteiger charge is -2.17. The summed E-state index contributed by atoms with van der Waals surface area (Å²) in [4.78, 5) is 2.39. The first-order chi connectivity index (χ1) is 9.31. The number of benzene rings is 2. The van der Waals surface area contributed by atoms with Gasteiger partial charge in [-0.15, -0.1) is 0 Å². The maximum absolute atomic E-state index is 3.55. The molecule has 19 heavy (non-hydrogen) atoms. The Balaban J connectivity index is 1.91. The van der Waals surface area contributed by atoms with Crippen LogP contribution in [0.5, 0.6) is 0 Å². The molecule has 2 aromatic carbocycles. The second-order valence-electron chi connectivity index (χ2n) is 5.11. The van der Waals surface area contributed by atoms with Crippen LogP contribution < -0.4 is 5.32 Å². The standard InChI is InChI=1S/C17H24N2/c1-3-4-13-19(2)14-12-18-17-11-7-9-15-8-5-6-10-16(15)17/h5-11,18H,3-4,12-14H2,1-2H3. The van der Waals surface area contributed by atoms with Crippen molar-refractivity contribution in [2.45, 2.75) is 19.8 Å². The van der Waals surface area contributed by atoms with E-state index in [1.165, 1.54) is 35.8 Å². The van der Waals surface area contributed by atoms with Crippen molar-refractivity contribution in [1.29, 1.82) is 0 Å². The lowest BCUT2D eigenvalue weighted by atomic mass is 10.1. The average molecular weight is 256 g/mol. The van der Waals surface area contributed by atoms with Gasteiger partial charge in [-0.2, -0.15) is 0 Å². The fourth-order valence-corrected chi connectivity index (χ4v) is 2.30.